The largest absolute Gasteiger partial charge is 0.395 e. The number of hydrogen-bond donors (Lipinski definition) is 1. The number of rotatable bonds is 5. The zero-order valence-electron chi connectivity index (χ0n) is 11.1. The molecule has 0 unspecified atom stereocenters. The molecule has 0 aromatic carbocycles. The second kappa shape index (κ2) is 5.87. The van der Waals surface area contributed by atoms with Crippen LogP contribution >= 0.6 is 0 Å². The molecule has 0 saturated carbocycles. The number of carbonyl (C=O) groups is 1. The van der Waals surface area contributed by atoms with Crippen molar-refractivity contribution in [3.63, 3.8) is 0 Å². The minimum Gasteiger partial charge on any atom is -0.395 e. The van der Waals surface area contributed by atoms with E-state index in [0.29, 0.717) is 12.2 Å². The van der Waals surface area contributed by atoms with E-state index >= 15 is 0 Å². The van der Waals surface area contributed by atoms with Crippen LogP contribution < -0.4 is 0 Å². The van der Waals surface area contributed by atoms with Gasteiger partial charge in [-0.1, -0.05) is 0 Å². The van der Waals surface area contributed by atoms with Gasteiger partial charge in [0.25, 0.3) is 5.91 Å². The van der Waals surface area contributed by atoms with Crippen LogP contribution in [0.15, 0.2) is 18.3 Å². The molecule has 4 heteroatoms. The third-order valence-electron chi connectivity index (χ3n) is 2.78. The Hall–Kier alpha value is -1.29. The van der Waals surface area contributed by atoms with Gasteiger partial charge in [-0.25, -0.2) is 0 Å². The molecule has 0 bridgehead atoms. The highest BCUT2D eigenvalue weighted by molar-refractivity contribution is 5.93. The van der Waals surface area contributed by atoms with Gasteiger partial charge >= 0.3 is 0 Å². The van der Waals surface area contributed by atoms with Crippen LogP contribution in [0.1, 0.15) is 44.2 Å². The quantitative estimate of drug-likeness (QED) is 0.851. The number of hydrogen-bond acceptors (Lipinski definition) is 2. The minimum absolute atomic E-state index is 0.00763. The highest BCUT2D eigenvalue weighted by atomic mass is 16.3. The monoisotopic (exact) mass is 238 g/mol. The molecule has 96 valence electrons. The first kappa shape index (κ1) is 13.8. The number of carbonyl (C=O) groups excluding carboxylic acids is 1. The number of aromatic nitrogens is 1. The molecule has 17 heavy (non-hydrogen) atoms. The Morgan fingerprint density at radius 2 is 2.06 bits per heavy atom. The molecule has 1 amide bonds. The Bertz CT molecular complexity index is 369. The van der Waals surface area contributed by atoms with Gasteiger partial charge in [0.1, 0.15) is 5.69 Å². The molecule has 1 N–H and O–H groups in total. The summed E-state index contributed by atoms with van der Waals surface area (Å²) in [7, 11) is 0. The van der Waals surface area contributed by atoms with Crippen molar-refractivity contribution in [3.8, 4) is 0 Å². The summed E-state index contributed by atoms with van der Waals surface area (Å²) in [5, 5.41) is 9.01. The maximum atomic E-state index is 12.4. The number of aliphatic hydroxyl groups excluding tert-OH is 1. The van der Waals surface area contributed by atoms with Crippen molar-refractivity contribution in [1.82, 2.24) is 9.47 Å². The van der Waals surface area contributed by atoms with Crippen molar-refractivity contribution < 1.29 is 9.90 Å². The zero-order chi connectivity index (χ0) is 13.0. The van der Waals surface area contributed by atoms with Crippen molar-refractivity contribution in [3.05, 3.63) is 24.0 Å². The average Bonchev–Trinajstić information content (AvgIpc) is 2.73. The van der Waals surface area contributed by atoms with Gasteiger partial charge in [0.2, 0.25) is 0 Å². The van der Waals surface area contributed by atoms with Gasteiger partial charge in [0.05, 0.1) is 6.61 Å². The van der Waals surface area contributed by atoms with Crippen molar-refractivity contribution in [1.29, 1.82) is 0 Å². The van der Waals surface area contributed by atoms with Crippen molar-refractivity contribution in [2.24, 2.45) is 0 Å². The normalized spacial score (nSPS) is 11.2. The second-order valence-corrected chi connectivity index (χ2v) is 4.71. The van der Waals surface area contributed by atoms with Crippen LogP contribution in [-0.2, 0) is 0 Å². The van der Waals surface area contributed by atoms with Gasteiger partial charge < -0.3 is 14.6 Å². The Labute approximate surface area is 103 Å². The topological polar surface area (TPSA) is 45.5 Å². The summed E-state index contributed by atoms with van der Waals surface area (Å²) in [6, 6.07) is 4.05. The third-order valence-corrected chi connectivity index (χ3v) is 2.78. The number of aliphatic hydroxyl groups is 1. The zero-order valence-corrected chi connectivity index (χ0v) is 11.1. The molecule has 1 rings (SSSR count). The summed E-state index contributed by atoms with van der Waals surface area (Å²) in [5.41, 5.74) is 0.683. The summed E-state index contributed by atoms with van der Waals surface area (Å²) in [6.07, 6.45) is 1.91. The van der Waals surface area contributed by atoms with E-state index in [1.165, 1.54) is 0 Å². The molecule has 0 atom stereocenters. The van der Waals surface area contributed by atoms with Crippen LogP contribution in [0, 0.1) is 0 Å². The van der Waals surface area contributed by atoms with Crippen LogP contribution in [0.25, 0.3) is 0 Å². The fraction of sp³-hybridized carbons (Fsp3) is 0.615. The molecule has 0 aliphatic rings. The van der Waals surface area contributed by atoms with E-state index in [0.717, 1.165) is 0 Å². The van der Waals surface area contributed by atoms with E-state index in [1.807, 2.05) is 50.6 Å². The van der Waals surface area contributed by atoms with Gasteiger partial charge in [-0.2, -0.15) is 0 Å². The lowest BCUT2D eigenvalue weighted by Gasteiger charge is -2.27. The summed E-state index contributed by atoms with van der Waals surface area (Å²) >= 11 is 0. The lowest BCUT2D eigenvalue weighted by Crippen LogP contribution is -2.40. The van der Waals surface area contributed by atoms with E-state index in [9.17, 15) is 4.79 Å². The summed E-state index contributed by atoms with van der Waals surface area (Å²) in [5.74, 6) is -0.0206. The van der Waals surface area contributed by atoms with Crippen LogP contribution in [-0.4, -0.2) is 39.7 Å². The van der Waals surface area contributed by atoms with Gasteiger partial charge in [-0.05, 0) is 39.8 Å². The van der Waals surface area contributed by atoms with Gasteiger partial charge in [-0.15, -0.1) is 0 Å². The Kier molecular flexibility index (Phi) is 4.75. The highest BCUT2D eigenvalue weighted by Gasteiger charge is 2.21. The van der Waals surface area contributed by atoms with Crippen LogP contribution in [0.3, 0.4) is 0 Å². The van der Waals surface area contributed by atoms with Crippen LogP contribution in [0.4, 0.5) is 0 Å². The first-order chi connectivity index (χ1) is 7.99. The van der Waals surface area contributed by atoms with E-state index in [4.69, 9.17) is 5.11 Å². The molecule has 0 aliphatic carbocycles. The first-order valence-electron chi connectivity index (χ1n) is 6.07. The fourth-order valence-corrected chi connectivity index (χ4v) is 1.87. The summed E-state index contributed by atoms with van der Waals surface area (Å²) in [4.78, 5) is 14.0. The Balaban J connectivity index is 2.97. The SMILES string of the molecule is CC(C)N(CCO)C(=O)c1cccn1C(C)C. The summed E-state index contributed by atoms with van der Waals surface area (Å²) in [6.45, 7) is 8.36. The maximum absolute atomic E-state index is 12.4. The third kappa shape index (κ3) is 3.09. The average molecular weight is 238 g/mol. The first-order valence-corrected chi connectivity index (χ1v) is 6.07. The van der Waals surface area contributed by atoms with Crippen LogP contribution in [0.2, 0.25) is 0 Å². The number of amides is 1. The molecular weight excluding hydrogens is 216 g/mol. The molecule has 0 saturated heterocycles. The molecule has 0 radical (unpaired) electrons. The van der Waals surface area contributed by atoms with Gasteiger partial charge in [0, 0.05) is 24.8 Å². The smallest absolute Gasteiger partial charge is 0.270 e. The molecule has 0 spiro atoms. The molecule has 1 aromatic rings. The predicted octanol–water partition coefficient (Wildman–Crippen LogP) is 1.91. The van der Waals surface area contributed by atoms with E-state index in [2.05, 4.69) is 0 Å². The van der Waals surface area contributed by atoms with Crippen molar-refractivity contribution in [2.45, 2.75) is 39.8 Å². The standard InChI is InChI=1S/C13H22N2O2/c1-10(2)14-7-5-6-12(14)13(17)15(8-9-16)11(3)4/h5-7,10-11,16H,8-9H2,1-4H3. The van der Waals surface area contributed by atoms with Gasteiger partial charge in [-0.3, -0.25) is 4.79 Å². The Morgan fingerprint density at radius 1 is 1.41 bits per heavy atom. The van der Waals surface area contributed by atoms with Crippen molar-refractivity contribution in [2.75, 3.05) is 13.2 Å². The lowest BCUT2D eigenvalue weighted by molar-refractivity contribution is 0.0653. The lowest BCUT2D eigenvalue weighted by atomic mass is 10.2. The van der Waals surface area contributed by atoms with Crippen LogP contribution in [0.5, 0.6) is 0 Å². The number of nitrogens with zero attached hydrogens (tertiary/aromatic N) is 2. The highest BCUT2D eigenvalue weighted by Crippen LogP contribution is 2.14. The maximum Gasteiger partial charge on any atom is 0.270 e. The molecule has 0 fully saturated rings. The van der Waals surface area contributed by atoms with E-state index < -0.39 is 0 Å². The van der Waals surface area contributed by atoms with E-state index in [-0.39, 0.29) is 24.6 Å². The Morgan fingerprint density at radius 3 is 2.53 bits per heavy atom. The molecular formula is C13H22N2O2. The minimum atomic E-state index is -0.0206. The fourth-order valence-electron chi connectivity index (χ4n) is 1.87. The van der Waals surface area contributed by atoms with Gasteiger partial charge in [0.15, 0.2) is 0 Å². The van der Waals surface area contributed by atoms with E-state index in [1.54, 1.807) is 4.90 Å². The molecule has 1 aromatic heterocycles. The molecule has 4 nitrogen and oxygen atoms in total. The predicted molar refractivity (Wildman–Crippen MR) is 68.1 cm³/mol. The molecule has 1 heterocycles. The molecule has 0 aliphatic heterocycles. The summed E-state index contributed by atoms with van der Waals surface area (Å²) < 4.78 is 1.95. The van der Waals surface area contributed by atoms with Crippen molar-refractivity contribution >= 4 is 5.91 Å². The second-order valence-electron chi connectivity index (χ2n) is 4.71.